The van der Waals surface area contributed by atoms with Gasteiger partial charge in [-0.3, -0.25) is 0 Å². The molecule has 0 fully saturated rings. The molecule has 2 aromatic carbocycles. The third-order valence-corrected chi connectivity index (χ3v) is 3.84. The summed E-state index contributed by atoms with van der Waals surface area (Å²) in [6.45, 7) is 0.613. The minimum Gasteiger partial charge on any atom is -0.472 e. The topological polar surface area (TPSA) is 27.1 Å². The molecule has 0 N–H and O–H groups in total. The Morgan fingerprint density at radius 1 is 1.17 bits per heavy atom. The fourth-order valence-electron chi connectivity index (χ4n) is 2.33. The van der Waals surface area contributed by atoms with E-state index in [9.17, 15) is 0 Å². The molecule has 0 aliphatic carbocycles. The van der Waals surface area contributed by atoms with Crippen molar-refractivity contribution in [1.82, 2.24) is 9.78 Å². The van der Waals surface area contributed by atoms with Crippen LogP contribution in [-0.2, 0) is 6.61 Å². The Labute approximate surface area is 118 Å². The lowest BCUT2D eigenvalue weighted by Crippen LogP contribution is -2.13. The fraction of sp³-hybridized carbons (Fsp3) is 0.0714. The molecule has 4 heteroatoms. The number of rotatable bonds is 0. The second kappa shape index (κ2) is 3.71. The Kier molecular flexibility index (Phi) is 2.14. The summed E-state index contributed by atoms with van der Waals surface area (Å²) in [5.74, 6) is 0.847. The molecule has 0 spiro atoms. The molecular weight excluding hydrogens is 339 g/mol. The molecule has 0 bridgehead atoms. The average molecular weight is 348 g/mol. The number of ether oxygens (including phenoxy) is 1. The van der Waals surface area contributed by atoms with E-state index in [0.29, 0.717) is 6.61 Å². The van der Waals surface area contributed by atoms with Crippen LogP contribution >= 0.6 is 22.6 Å². The van der Waals surface area contributed by atoms with Gasteiger partial charge in [0, 0.05) is 9.13 Å². The highest BCUT2D eigenvalue weighted by Gasteiger charge is 2.21. The van der Waals surface area contributed by atoms with Crippen LogP contribution in [0.15, 0.2) is 42.5 Å². The van der Waals surface area contributed by atoms with Gasteiger partial charge in [0.15, 0.2) is 0 Å². The third-order valence-electron chi connectivity index (χ3n) is 3.17. The molecule has 0 atom stereocenters. The van der Waals surface area contributed by atoms with Gasteiger partial charge in [0.05, 0.1) is 16.6 Å². The Hall–Kier alpha value is -1.56. The van der Waals surface area contributed by atoms with Crippen molar-refractivity contribution in [2.45, 2.75) is 6.61 Å². The minimum atomic E-state index is 0.613. The first kappa shape index (κ1) is 10.4. The maximum atomic E-state index is 5.86. The van der Waals surface area contributed by atoms with Gasteiger partial charge in [-0.1, -0.05) is 12.1 Å². The smallest absolute Gasteiger partial charge is 0.225 e. The van der Waals surface area contributed by atoms with Gasteiger partial charge in [0.1, 0.15) is 6.61 Å². The first-order valence-electron chi connectivity index (χ1n) is 5.72. The van der Waals surface area contributed by atoms with Crippen LogP contribution in [0.2, 0.25) is 0 Å². The molecule has 3 aromatic rings. The number of fused-ring (bicyclic) bond motifs is 5. The molecule has 4 rings (SSSR count). The zero-order valence-electron chi connectivity index (χ0n) is 9.43. The van der Waals surface area contributed by atoms with E-state index in [1.165, 1.54) is 9.13 Å². The lowest BCUT2D eigenvalue weighted by atomic mass is 10.1. The van der Waals surface area contributed by atoms with Crippen LogP contribution in [0.25, 0.3) is 16.6 Å². The molecule has 1 aromatic heterocycles. The van der Waals surface area contributed by atoms with Crippen LogP contribution in [0.3, 0.4) is 0 Å². The third kappa shape index (κ3) is 1.38. The van der Waals surface area contributed by atoms with Crippen molar-refractivity contribution in [2.24, 2.45) is 0 Å². The van der Waals surface area contributed by atoms with Gasteiger partial charge in [-0.05, 0) is 52.9 Å². The van der Waals surface area contributed by atoms with Crippen LogP contribution < -0.4 is 4.74 Å². The maximum absolute atomic E-state index is 5.86. The summed E-state index contributed by atoms with van der Waals surface area (Å²) in [6, 6.07) is 14.4. The first-order valence-corrected chi connectivity index (χ1v) is 6.80. The Bertz CT molecular complexity index is 764. The number of hydrogen-bond donors (Lipinski definition) is 0. The van der Waals surface area contributed by atoms with Crippen LogP contribution in [-0.4, -0.2) is 9.78 Å². The number of aromatic nitrogens is 2. The van der Waals surface area contributed by atoms with E-state index in [0.717, 1.165) is 22.5 Å². The highest BCUT2D eigenvalue weighted by Crippen LogP contribution is 2.34. The monoisotopic (exact) mass is 348 g/mol. The molecule has 0 unspecified atom stereocenters. The molecule has 0 saturated carbocycles. The lowest BCUT2D eigenvalue weighted by molar-refractivity contribution is 0.274. The van der Waals surface area contributed by atoms with E-state index in [-0.39, 0.29) is 0 Å². The van der Waals surface area contributed by atoms with Crippen molar-refractivity contribution in [3.05, 3.63) is 51.6 Å². The van der Waals surface area contributed by atoms with E-state index >= 15 is 0 Å². The summed E-state index contributed by atoms with van der Waals surface area (Å²) in [5.41, 5.74) is 3.27. The van der Waals surface area contributed by atoms with Crippen molar-refractivity contribution in [3.63, 3.8) is 0 Å². The number of halogens is 1. The molecule has 2 heterocycles. The summed E-state index contributed by atoms with van der Waals surface area (Å²) in [4.78, 5) is 0. The summed E-state index contributed by atoms with van der Waals surface area (Å²) in [7, 11) is 0. The van der Waals surface area contributed by atoms with Gasteiger partial charge in [-0.2, -0.15) is 9.78 Å². The number of benzene rings is 2. The Balaban J connectivity index is 2.06. The highest BCUT2D eigenvalue weighted by molar-refractivity contribution is 14.1. The second-order valence-corrected chi connectivity index (χ2v) is 5.54. The van der Waals surface area contributed by atoms with Crippen LogP contribution in [0, 0.1) is 3.57 Å². The minimum absolute atomic E-state index is 0.613. The molecule has 88 valence electrons. The molecular formula is C14H9IN2O. The molecule has 0 radical (unpaired) electrons. The number of hydrogen-bond acceptors (Lipinski definition) is 2. The second-order valence-electron chi connectivity index (χ2n) is 4.30. The summed E-state index contributed by atoms with van der Waals surface area (Å²) in [5, 5.41) is 5.68. The standard InChI is InChI=1S/C14H9IN2O/c15-10-5-6-13-9(7-10)8-18-14-11-3-1-2-4-12(11)16-17(13)14/h1-7H,8H2. The number of nitrogens with zero attached hydrogens (tertiary/aromatic N) is 2. The van der Waals surface area contributed by atoms with E-state index in [1.54, 1.807) is 0 Å². The largest absolute Gasteiger partial charge is 0.472 e. The Morgan fingerprint density at radius 2 is 2.06 bits per heavy atom. The van der Waals surface area contributed by atoms with E-state index < -0.39 is 0 Å². The molecule has 3 nitrogen and oxygen atoms in total. The van der Waals surface area contributed by atoms with Crippen molar-refractivity contribution in [3.8, 4) is 11.6 Å². The van der Waals surface area contributed by atoms with Crippen LogP contribution in [0.4, 0.5) is 0 Å². The first-order chi connectivity index (χ1) is 8.83. The van der Waals surface area contributed by atoms with Gasteiger partial charge in [0.2, 0.25) is 5.88 Å². The lowest BCUT2D eigenvalue weighted by Gasteiger charge is -2.19. The van der Waals surface area contributed by atoms with Gasteiger partial charge in [0.25, 0.3) is 0 Å². The molecule has 0 saturated heterocycles. The predicted molar refractivity (Wildman–Crippen MR) is 78.1 cm³/mol. The van der Waals surface area contributed by atoms with Crippen molar-refractivity contribution in [2.75, 3.05) is 0 Å². The highest BCUT2D eigenvalue weighted by atomic mass is 127. The SMILES string of the molecule is Ic1ccc2c(c1)COc1c3ccccc3nn1-2. The molecule has 1 aliphatic rings. The van der Waals surface area contributed by atoms with Gasteiger partial charge in [-0.15, -0.1) is 0 Å². The van der Waals surface area contributed by atoms with Crippen molar-refractivity contribution in [1.29, 1.82) is 0 Å². The van der Waals surface area contributed by atoms with Gasteiger partial charge < -0.3 is 4.74 Å². The van der Waals surface area contributed by atoms with Crippen LogP contribution in [0.5, 0.6) is 5.88 Å². The van der Waals surface area contributed by atoms with Crippen molar-refractivity contribution >= 4 is 33.5 Å². The zero-order valence-corrected chi connectivity index (χ0v) is 11.6. The molecule has 0 amide bonds. The fourth-order valence-corrected chi connectivity index (χ4v) is 2.89. The summed E-state index contributed by atoms with van der Waals surface area (Å²) >= 11 is 2.31. The quantitative estimate of drug-likeness (QED) is 0.582. The molecule has 18 heavy (non-hydrogen) atoms. The zero-order chi connectivity index (χ0) is 12.1. The maximum Gasteiger partial charge on any atom is 0.225 e. The summed E-state index contributed by atoms with van der Waals surface area (Å²) in [6.07, 6.45) is 0. The van der Waals surface area contributed by atoms with Crippen molar-refractivity contribution < 1.29 is 4.74 Å². The van der Waals surface area contributed by atoms with Crippen LogP contribution in [0.1, 0.15) is 5.56 Å². The molecule has 1 aliphatic heterocycles. The Morgan fingerprint density at radius 3 is 3.00 bits per heavy atom. The predicted octanol–water partition coefficient (Wildman–Crippen LogP) is 3.52. The van der Waals surface area contributed by atoms with Gasteiger partial charge >= 0.3 is 0 Å². The van der Waals surface area contributed by atoms with Gasteiger partial charge in [-0.25, -0.2) is 0 Å². The van der Waals surface area contributed by atoms with E-state index in [1.807, 2.05) is 28.9 Å². The normalized spacial score (nSPS) is 12.9. The summed E-state index contributed by atoms with van der Waals surface area (Å²) < 4.78 is 8.98. The van der Waals surface area contributed by atoms with E-state index in [2.05, 4.69) is 45.9 Å². The van der Waals surface area contributed by atoms with E-state index in [4.69, 9.17) is 4.74 Å². The average Bonchev–Trinajstić information content (AvgIpc) is 2.77.